The zero-order valence-electron chi connectivity index (χ0n) is 17.5. The van der Waals surface area contributed by atoms with E-state index < -0.39 is 0 Å². The molecule has 2 aliphatic carbocycles. The summed E-state index contributed by atoms with van der Waals surface area (Å²) in [5.41, 5.74) is 1.92. The van der Waals surface area contributed by atoms with Crippen molar-refractivity contribution < 1.29 is 26.7 Å². The second-order valence-electron chi connectivity index (χ2n) is 6.85. The molecule has 5 heteroatoms. The minimum Gasteiger partial charge on any atom is -0.294 e. The number of rotatable bonds is 6. The molecule has 0 heterocycles. The molecular weight excluding hydrogens is 495 g/mol. The summed E-state index contributed by atoms with van der Waals surface area (Å²) in [5, 5.41) is 1.39. The summed E-state index contributed by atoms with van der Waals surface area (Å²) in [4.78, 5) is 23.3. The monoisotopic (exact) mass is 514 g/mol. The average molecular weight is 515 g/mol. The normalized spacial score (nSPS) is 16.5. The van der Waals surface area contributed by atoms with Crippen LogP contribution in [0.4, 0.5) is 0 Å². The molecule has 0 amide bonds. The molecule has 0 aliphatic heterocycles. The first kappa shape index (κ1) is 27.6. The van der Waals surface area contributed by atoms with Crippen LogP contribution in [0.15, 0.2) is 60.7 Å². The van der Waals surface area contributed by atoms with Gasteiger partial charge in [0.15, 0.2) is 11.6 Å². The molecule has 2 saturated carbocycles. The minimum atomic E-state index is 0. The smallest absolute Gasteiger partial charge is 0.294 e. The zero-order valence-corrected chi connectivity index (χ0v) is 20.1. The molecule has 0 aromatic heterocycles. The van der Waals surface area contributed by atoms with E-state index in [2.05, 4.69) is 0 Å². The summed E-state index contributed by atoms with van der Waals surface area (Å²) >= 11 is 11.5. The van der Waals surface area contributed by atoms with Crippen LogP contribution >= 0.6 is 23.2 Å². The van der Waals surface area contributed by atoms with E-state index in [-0.39, 0.29) is 28.6 Å². The molecule has 0 atom stereocenters. The number of hydrogen-bond acceptors (Lipinski definition) is 2. The third-order valence-electron chi connectivity index (χ3n) is 4.49. The van der Waals surface area contributed by atoms with Gasteiger partial charge in [-0.25, -0.2) is 0 Å². The first-order valence-electron chi connectivity index (χ1n) is 9.91. The quantitative estimate of drug-likeness (QED) is 0.319. The fourth-order valence-electron chi connectivity index (χ4n) is 2.76. The van der Waals surface area contributed by atoms with E-state index in [0.717, 1.165) is 11.1 Å². The van der Waals surface area contributed by atoms with Crippen molar-refractivity contribution in [3.8, 4) is 0 Å². The molecule has 0 unspecified atom stereocenters. The van der Waals surface area contributed by atoms with Crippen molar-refractivity contribution in [3.63, 3.8) is 0 Å². The van der Waals surface area contributed by atoms with Crippen molar-refractivity contribution in [2.75, 3.05) is 0 Å². The summed E-state index contributed by atoms with van der Waals surface area (Å²) in [6.45, 7) is 0. The van der Waals surface area contributed by atoms with Gasteiger partial charge in [-0.15, -0.1) is 0 Å². The molecule has 2 aromatic rings. The summed E-state index contributed by atoms with van der Waals surface area (Å²) < 4.78 is 0. The van der Waals surface area contributed by atoms with Gasteiger partial charge in [0.2, 0.25) is 0 Å². The van der Waals surface area contributed by atoms with Gasteiger partial charge in [0.05, 0.1) is 11.8 Å². The molecule has 0 saturated heterocycles. The van der Waals surface area contributed by atoms with Gasteiger partial charge in [0.1, 0.15) is 0 Å². The van der Waals surface area contributed by atoms with Crippen LogP contribution in [0.5, 0.6) is 0 Å². The Bertz CT molecular complexity index is 857. The number of allylic oxidation sites excluding steroid dienone is 2. The molecule has 2 aliphatic rings. The minimum absolute atomic E-state index is 0. The van der Waals surface area contributed by atoms with Gasteiger partial charge in [0.25, 0.3) is 0 Å². The van der Waals surface area contributed by atoms with E-state index in [1.165, 1.54) is 0 Å². The Balaban J connectivity index is 0.000000227. The Kier molecular flexibility index (Phi) is 12.2. The van der Waals surface area contributed by atoms with E-state index in [0.29, 0.717) is 21.9 Å². The van der Waals surface area contributed by atoms with Crippen molar-refractivity contribution in [1.82, 2.24) is 0 Å². The van der Waals surface area contributed by atoms with Crippen LogP contribution in [0.25, 0.3) is 12.2 Å². The van der Waals surface area contributed by atoms with Gasteiger partial charge >= 0.3 is 17.1 Å². The van der Waals surface area contributed by atoms with Crippen LogP contribution in [0.2, 0.25) is 10.0 Å². The molecule has 4 rings (SSSR count). The topological polar surface area (TPSA) is 34.1 Å². The van der Waals surface area contributed by atoms with Crippen LogP contribution in [0.3, 0.4) is 0 Å². The zero-order chi connectivity index (χ0) is 22.8. The molecule has 2 nitrogen and oxygen atoms in total. The summed E-state index contributed by atoms with van der Waals surface area (Å²) in [6.07, 6.45) is 21.3. The van der Waals surface area contributed by atoms with Gasteiger partial charge in [-0.2, -0.15) is 0 Å². The number of carbonyl (C=O) groups excluding carboxylic acids is 2. The molecule has 2 aromatic carbocycles. The number of halogens is 2. The third kappa shape index (κ3) is 9.63. The van der Waals surface area contributed by atoms with Crippen LogP contribution in [-0.4, -0.2) is 11.6 Å². The van der Waals surface area contributed by atoms with E-state index >= 15 is 0 Å². The number of benzene rings is 2. The SMILES string of the molecule is O=C(/C=C/c1ccc(Cl)cc1)[C]1[CH][CH][CH][CH]1.O=C(/C=C/c1ccc(Cl)cc1)[C]1[CH][CH][CH][CH]1.[Fe+2]. The second kappa shape index (κ2) is 14.6. The first-order valence-corrected chi connectivity index (χ1v) is 10.7. The summed E-state index contributed by atoms with van der Waals surface area (Å²) in [5.74, 6) is 1.45. The summed E-state index contributed by atoms with van der Waals surface area (Å²) in [7, 11) is 0. The van der Waals surface area contributed by atoms with Gasteiger partial charge in [-0.1, -0.05) is 59.6 Å². The van der Waals surface area contributed by atoms with Crippen molar-refractivity contribution in [2.24, 2.45) is 0 Å². The Morgan fingerprint density at radius 3 is 1.15 bits per heavy atom. The molecule has 0 spiro atoms. The molecule has 164 valence electrons. The van der Waals surface area contributed by atoms with E-state index in [1.807, 2.05) is 49.9 Å². The van der Waals surface area contributed by atoms with Gasteiger partial charge in [-0.05, 0) is 98.9 Å². The maximum absolute atomic E-state index is 11.6. The predicted octanol–water partition coefficient (Wildman–Crippen LogP) is 6.65. The van der Waals surface area contributed by atoms with Crippen LogP contribution in [-0.2, 0) is 26.7 Å². The fourth-order valence-corrected chi connectivity index (χ4v) is 3.01. The fraction of sp³-hybridized carbons (Fsp3) is 0. The Labute approximate surface area is 217 Å². The molecule has 0 N–H and O–H groups in total. The van der Waals surface area contributed by atoms with E-state index in [4.69, 9.17) is 23.2 Å². The second-order valence-corrected chi connectivity index (χ2v) is 7.72. The molecular formula is C28H20Cl2FeO2+2. The predicted molar refractivity (Wildman–Crippen MR) is 132 cm³/mol. The number of ketones is 2. The van der Waals surface area contributed by atoms with Crippen LogP contribution in [0.1, 0.15) is 11.1 Å². The maximum Gasteiger partial charge on any atom is 2.00 e. The Morgan fingerprint density at radius 2 is 0.848 bits per heavy atom. The first-order chi connectivity index (χ1) is 15.5. The van der Waals surface area contributed by atoms with Crippen LogP contribution < -0.4 is 0 Å². The summed E-state index contributed by atoms with van der Waals surface area (Å²) in [6, 6.07) is 14.7. The maximum atomic E-state index is 11.6. The van der Waals surface area contributed by atoms with Crippen molar-refractivity contribution >= 4 is 46.9 Å². The van der Waals surface area contributed by atoms with Crippen molar-refractivity contribution in [1.29, 1.82) is 0 Å². The Morgan fingerprint density at radius 1 is 0.545 bits per heavy atom. The molecule has 10 radical (unpaired) electrons. The molecule has 2 fully saturated rings. The van der Waals surface area contributed by atoms with Gasteiger partial charge < -0.3 is 0 Å². The van der Waals surface area contributed by atoms with Crippen molar-refractivity contribution in [3.05, 3.63) is 145 Å². The van der Waals surface area contributed by atoms with Crippen molar-refractivity contribution in [2.45, 2.75) is 0 Å². The van der Waals surface area contributed by atoms with Crippen LogP contribution in [0, 0.1) is 63.2 Å². The molecule has 33 heavy (non-hydrogen) atoms. The molecule has 0 bridgehead atoms. The Hall–Kier alpha value is -1.64. The third-order valence-corrected chi connectivity index (χ3v) is 4.99. The van der Waals surface area contributed by atoms with Gasteiger partial charge in [-0.3, -0.25) is 9.59 Å². The van der Waals surface area contributed by atoms with E-state index in [9.17, 15) is 9.59 Å². The van der Waals surface area contributed by atoms with E-state index in [1.54, 1.807) is 74.3 Å². The van der Waals surface area contributed by atoms with Gasteiger partial charge in [0, 0.05) is 10.0 Å². The number of carbonyl (C=O) groups is 2. The number of hydrogen-bond donors (Lipinski definition) is 0. The largest absolute Gasteiger partial charge is 2.00 e. The average Bonchev–Trinajstić information content (AvgIpc) is 3.53. The standard InChI is InChI=1S/2C14H10ClO.Fe/c2*15-13-8-5-11(6-9-13)7-10-14(16)12-3-1-2-4-12;/h2*1-10H;/q;;+2/b2*10-7+;.